The number of hydrogen-bond acceptors (Lipinski definition) is 7. The predicted molar refractivity (Wildman–Crippen MR) is 92.2 cm³/mol. The van der Waals surface area contributed by atoms with Crippen molar-refractivity contribution in [3.8, 4) is 11.1 Å². The van der Waals surface area contributed by atoms with Crippen molar-refractivity contribution in [2.24, 2.45) is 0 Å². The predicted octanol–water partition coefficient (Wildman–Crippen LogP) is 3.09. The maximum absolute atomic E-state index is 12.2. The van der Waals surface area contributed by atoms with Crippen molar-refractivity contribution in [1.82, 2.24) is 14.6 Å². The van der Waals surface area contributed by atoms with Crippen LogP contribution < -0.4 is 5.73 Å². The van der Waals surface area contributed by atoms with Crippen LogP contribution in [0.5, 0.6) is 0 Å². The minimum absolute atomic E-state index is 0. The monoisotopic (exact) mass is 361 g/mol. The first-order valence-corrected chi connectivity index (χ1v) is 7.20. The number of ether oxygens (including phenoxy) is 1. The molecule has 0 fully saturated rings. The molecule has 2 aromatic heterocycles. The quantitative estimate of drug-likeness (QED) is 0.327. The SMILES string of the molecule is C=COC(=O)c1cn2ncnc(N)c2c1-c1ccc([N+](=O)[O-])c(Cl)c1.[HH]. The number of benzene rings is 1. The summed E-state index contributed by atoms with van der Waals surface area (Å²) in [5.74, 6) is -0.568. The number of nitrogens with two attached hydrogens (primary N) is 1. The van der Waals surface area contributed by atoms with Gasteiger partial charge in [-0.25, -0.2) is 14.3 Å². The number of nitrogens with zero attached hydrogens (tertiary/aromatic N) is 4. The largest absolute Gasteiger partial charge is 0.431 e. The molecule has 0 atom stereocenters. The summed E-state index contributed by atoms with van der Waals surface area (Å²) in [6, 6.07) is 4.06. The van der Waals surface area contributed by atoms with Crippen LogP contribution in [0.2, 0.25) is 5.02 Å². The maximum Gasteiger partial charge on any atom is 0.345 e. The highest BCUT2D eigenvalue weighted by molar-refractivity contribution is 6.33. The van der Waals surface area contributed by atoms with Crippen molar-refractivity contribution in [2.45, 2.75) is 0 Å². The number of rotatable bonds is 4. The van der Waals surface area contributed by atoms with Gasteiger partial charge in [-0.2, -0.15) is 5.10 Å². The molecule has 2 heterocycles. The number of esters is 1. The van der Waals surface area contributed by atoms with Gasteiger partial charge in [0.25, 0.3) is 5.69 Å². The average Bonchev–Trinajstić information content (AvgIpc) is 2.95. The summed E-state index contributed by atoms with van der Waals surface area (Å²) >= 11 is 5.98. The Morgan fingerprint density at radius 1 is 1.52 bits per heavy atom. The molecule has 0 saturated carbocycles. The molecule has 1 aromatic carbocycles. The van der Waals surface area contributed by atoms with Gasteiger partial charge in [0.2, 0.25) is 0 Å². The van der Waals surface area contributed by atoms with Crippen LogP contribution in [0.15, 0.2) is 43.6 Å². The van der Waals surface area contributed by atoms with Crippen LogP contribution in [-0.2, 0) is 4.74 Å². The van der Waals surface area contributed by atoms with Gasteiger partial charge < -0.3 is 10.5 Å². The molecule has 9 nitrogen and oxygen atoms in total. The highest BCUT2D eigenvalue weighted by Crippen LogP contribution is 2.36. The van der Waals surface area contributed by atoms with Crippen LogP contribution in [0.3, 0.4) is 0 Å². The molecule has 0 radical (unpaired) electrons. The molecule has 0 aliphatic rings. The Kier molecular flexibility index (Phi) is 4.07. The van der Waals surface area contributed by atoms with Crippen LogP contribution in [0, 0.1) is 10.1 Å². The second-order valence-electron chi connectivity index (χ2n) is 4.85. The van der Waals surface area contributed by atoms with Gasteiger partial charge in [-0.05, 0) is 17.7 Å². The lowest BCUT2D eigenvalue weighted by molar-refractivity contribution is -0.384. The lowest BCUT2D eigenvalue weighted by Gasteiger charge is -2.06. The molecule has 128 valence electrons. The number of fused-ring (bicyclic) bond motifs is 1. The van der Waals surface area contributed by atoms with Gasteiger partial charge in [0.05, 0.1) is 16.7 Å². The average molecular weight is 362 g/mol. The minimum Gasteiger partial charge on any atom is -0.431 e. The van der Waals surface area contributed by atoms with Crippen molar-refractivity contribution in [1.29, 1.82) is 0 Å². The maximum atomic E-state index is 12.2. The van der Waals surface area contributed by atoms with Crippen molar-refractivity contribution < 1.29 is 15.9 Å². The van der Waals surface area contributed by atoms with E-state index in [-0.39, 0.29) is 23.5 Å². The molecule has 0 amide bonds. The number of aromatic nitrogens is 3. The zero-order chi connectivity index (χ0) is 18.1. The molecular formula is C15H12ClN5O4. The van der Waals surface area contributed by atoms with Crippen LogP contribution >= 0.6 is 11.6 Å². The summed E-state index contributed by atoms with van der Waals surface area (Å²) in [5, 5.41) is 14.9. The molecule has 3 aromatic rings. The van der Waals surface area contributed by atoms with E-state index in [0.29, 0.717) is 16.6 Å². The van der Waals surface area contributed by atoms with Crippen LogP contribution in [0.1, 0.15) is 11.8 Å². The Hall–Kier alpha value is -3.46. The number of nitro groups is 1. The van der Waals surface area contributed by atoms with Gasteiger partial charge in [0, 0.05) is 19.3 Å². The zero-order valence-corrected chi connectivity index (χ0v) is 13.3. The van der Waals surface area contributed by atoms with Crippen LogP contribution in [0.25, 0.3) is 16.6 Å². The first kappa shape index (κ1) is 16.4. The first-order valence-electron chi connectivity index (χ1n) is 6.82. The van der Waals surface area contributed by atoms with Crippen molar-refractivity contribution in [3.05, 3.63) is 64.3 Å². The molecule has 0 aliphatic heterocycles. The smallest absolute Gasteiger partial charge is 0.345 e. The van der Waals surface area contributed by atoms with E-state index in [0.717, 1.165) is 6.26 Å². The second-order valence-corrected chi connectivity index (χ2v) is 5.26. The molecule has 0 unspecified atom stereocenters. The number of hydrogen-bond donors (Lipinski definition) is 1. The van der Waals surface area contributed by atoms with Crippen molar-refractivity contribution in [2.75, 3.05) is 5.73 Å². The molecule has 10 heteroatoms. The number of nitrogen functional groups attached to an aromatic ring is 1. The summed E-state index contributed by atoms with van der Waals surface area (Å²) in [6.45, 7) is 3.35. The molecule has 0 saturated heterocycles. The fourth-order valence-electron chi connectivity index (χ4n) is 2.43. The van der Waals surface area contributed by atoms with E-state index in [2.05, 4.69) is 16.7 Å². The molecular weight excluding hydrogens is 350 g/mol. The fourth-order valence-corrected chi connectivity index (χ4v) is 2.68. The normalized spacial score (nSPS) is 10.6. The van der Waals surface area contributed by atoms with E-state index in [1.165, 1.54) is 35.2 Å². The summed E-state index contributed by atoms with van der Waals surface area (Å²) in [4.78, 5) is 26.5. The fraction of sp³-hybridized carbons (Fsp3) is 0. The third kappa shape index (κ3) is 2.76. The third-order valence-corrected chi connectivity index (χ3v) is 3.75. The lowest BCUT2D eigenvalue weighted by Crippen LogP contribution is -2.01. The van der Waals surface area contributed by atoms with Gasteiger partial charge >= 0.3 is 5.97 Å². The number of carbonyl (C=O) groups excluding carboxylic acids is 1. The van der Waals surface area contributed by atoms with E-state index in [9.17, 15) is 14.9 Å². The van der Waals surface area contributed by atoms with E-state index >= 15 is 0 Å². The van der Waals surface area contributed by atoms with Gasteiger partial charge in [-0.3, -0.25) is 10.1 Å². The van der Waals surface area contributed by atoms with Crippen molar-refractivity contribution >= 4 is 34.6 Å². The Balaban J connectivity index is 0.00000243. The molecule has 0 bridgehead atoms. The van der Waals surface area contributed by atoms with E-state index in [4.69, 9.17) is 22.1 Å². The summed E-state index contributed by atoms with van der Waals surface area (Å²) in [6.07, 6.45) is 3.65. The highest BCUT2D eigenvalue weighted by atomic mass is 35.5. The Bertz CT molecular complexity index is 1040. The lowest BCUT2D eigenvalue weighted by atomic mass is 10.0. The van der Waals surface area contributed by atoms with Crippen LogP contribution in [0.4, 0.5) is 11.5 Å². The standard InChI is InChI=1S/C15H10ClN5O4.H2/c1-2-25-15(22)9-6-20-13(14(17)18-7-19-20)12(9)8-3-4-11(21(23)24)10(16)5-8;/h2-7H,1H2,(H2,17,18,19);1H. The topological polar surface area (TPSA) is 126 Å². The Morgan fingerprint density at radius 3 is 2.92 bits per heavy atom. The van der Waals surface area contributed by atoms with E-state index < -0.39 is 10.9 Å². The van der Waals surface area contributed by atoms with Crippen LogP contribution in [-0.4, -0.2) is 25.5 Å². The first-order chi connectivity index (χ1) is 11.9. The summed E-state index contributed by atoms with van der Waals surface area (Å²) in [5.41, 5.74) is 6.92. The van der Waals surface area contributed by atoms with Gasteiger partial charge in [-0.15, -0.1) is 0 Å². The number of anilines is 1. The molecule has 3 rings (SSSR count). The zero-order valence-electron chi connectivity index (χ0n) is 12.5. The number of nitro benzene ring substituents is 1. The molecule has 2 N–H and O–H groups in total. The Morgan fingerprint density at radius 2 is 2.28 bits per heavy atom. The van der Waals surface area contributed by atoms with Gasteiger partial charge in [0.15, 0.2) is 5.82 Å². The molecule has 0 spiro atoms. The molecule has 25 heavy (non-hydrogen) atoms. The number of carbonyl (C=O) groups is 1. The van der Waals surface area contributed by atoms with E-state index in [1.807, 2.05) is 0 Å². The van der Waals surface area contributed by atoms with Crippen molar-refractivity contribution in [3.63, 3.8) is 0 Å². The third-order valence-electron chi connectivity index (χ3n) is 3.45. The van der Waals surface area contributed by atoms with Gasteiger partial charge in [0.1, 0.15) is 16.9 Å². The minimum atomic E-state index is -0.690. The summed E-state index contributed by atoms with van der Waals surface area (Å²) < 4.78 is 6.20. The highest BCUT2D eigenvalue weighted by Gasteiger charge is 2.24. The van der Waals surface area contributed by atoms with E-state index in [1.54, 1.807) is 0 Å². The van der Waals surface area contributed by atoms with Gasteiger partial charge in [-0.1, -0.05) is 18.2 Å². The number of halogens is 1. The second kappa shape index (κ2) is 6.21. The molecule has 0 aliphatic carbocycles. The summed E-state index contributed by atoms with van der Waals surface area (Å²) in [7, 11) is 0. The Labute approximate surface area is 146 Å².